The number of imidazole rings is 1. The Hall–Kier alpha value is -2.53. The zero-order chi connectivity index (χ0) is 16.4. The molecule has 3 aromatic rings. The first kappa shape index (κ1) is 15.0. The molecule has 0 spiro atoms. The van der Waals surface area contributed by atoms with Gasteiger partial charge in [0.15, 0.2) is 0 Å². The lowest BCUT2D eigenvalue weighted by molar-refractivity contribution is -0.119. The van der Waals surface area contributed by atoms with E-state index in [4.69, 9.17) is 0 Å². The fraction of sp³-hybridized carbons (Fsp3) is 0.158. The van der Waals surface area contributed by atoms with Gasteiger partial charge in [0.05, 0.1) is 18.1 Å². The second kappa shape index (κ2) is 6.53. The van der Waals surface area contributed by atoms with Gasteiger partial charge in [-0.2, -0.15) is 0 Å². The molecule has 1 aliphatic rings. The molecule has 24 heavy (non-hydrogen) atoms. The highest BCUT2D eigenvalue weighted by Gasteiger charge is 2.32. The fourth-order valence-corrected chi connectivity index (χ4v) is 4.20. The number of amides is 1. The normalized spacial score (nSPS) is 16.7. The van der Waals surface area contributed by atoms with E-state index in [2.05, 4.69) is 23.2 Å². The average Bonchev–Trinajstić information content (AvgIpc) is 3.14. The summed E-state index contributed by atoms with van der Waals surface area (Å²) in [7, 11) is 0. The van der Waals surface area contributed by atoms with Crippen LogP contribution in [0.4, 0.5) is 5.69 Å². The Morgan fingerprint density at radius 1 is 1.12 bits per heavy atom. The number of fused-ring (bicyclic) bond motifs is 1. The largest absolute Gasteiger partial charge is 0.328 e. The molecule has 4 rings (SSSR count). The Kier molecular flexibility index (Phi) is 4.09. The molecule has 4 nitrogen and oxygen atoms in total. The summed E-state index contributed by atoms with van der Waals surface area (Å²) in [6, 6.07) is 18.4. The first-order chi connectivity index (χ1) is 11.8. The van der Waals surface area contributed by atoms with Crippen molar-refractivity contribution in [3.05, 3.63) is 78.9 Å². The van der Waals surface area contributed by atoms with Gasteiger partial charge in [-0.1, -0.05) is 42.5 Å². The van der Waals surface area contributed by atoms with E-state index in [1.807, 2.05) is 63.8 Å². The minimum Gasteiger partial charge on any atom is -0.328 e. The molecule has 5 heteroatoms. The van der Waals surface area contributed by atoms with Crippen molar-refractivity contribution in [3.8, 4) is 0 Å². The van der Waals surface area contributed by atoms with Crippen LogP contribution in [0.2, 0.25) is 0 Å². The number of aromatic nitrogens is 2. The third-order valence-electron chi connectivity index (χ3n) is 4.16. The molecule has 0 unspecified atom stereocenters. The van der Waals surface area contributed by atoms with Crippen molar-refractivity contribution in [1.82, 2.24) is 9.55 Å². The van der Waals surface area contributed by atoms with Gasteiger partial charge in [-0.15, -0.1) is 11.8 Å². The van der Waals surface area contributed by atoms with E-state index in [0.717, 1.165) is 16.3 Å². The van der Waals surface area contributed by atoms with Crippen molar-refractivity contribution < 1.29 is 4.79 Å². The van der Waals surface area contributed by atoms with Gasteiger partial charge in [-0.05, 0) is 17.7 Å². The molecule has 0 radical (unpaired) electrons. The number of thioether (sulfide) groups is 1. The number of hydrogen-bond acceptors (Lipinski definition) is 3. The van der Waals surface area contributed by atoms with Crippen molar-refractivity contribution >= 4 is 23.4 Å². The molecule has 0 fully saturated rings. The molecular weight excluding hydrogens is 318 g/mol. The summed E-state index contributed by atoms with van der Waals surface area (Å²) in [5.74, 6) is 0.936. The van der Waals surface area contributed by atoms with Crippen LogP contribution in [0.25, 0.3) is 0 Å². The van der Waals surface area contributed by atoms with Gasteiger partial charge in [0, 0.05) is 23.0 Å². The monoisotopic (exact) mass is 335 g/mol. The number of carbonyl (C=O) groups excluding carboxylic acids is 1. The smallest absolute Gasteiger partial charge is 0.247 e. The molecule has 1 aliphatic heterocycles. The van der Waals surface area contributed by atoms with Crippen LogP contribution >= 0.6 is 11.8 Å². The molecule has 1 atom stereocenters. The first-order valence-electron chi connectivity index (χ1n) is 7.87. The molecule has 0 bridgehead atoms. The quantitative estimate of drug-likeness (QED) is 0.731. The van der Waals surface area contributed by atoms with E-state index in [1.165, 1.54) is 5.56 Å². The number of nitrogens with zero attached hydrogens (tertiary/aromatic N) is 3. The van der Waals surface area contributed by atoms with Crippen LogP contribution in [0.5, 0.6) is 0 Å². The predicted molar refractivity (Wildman–Crippen MR) is 96.1 cm³/mol. The Bertz CT molecular complexity index is 833. The molecular formula is C19H17N3OS. The van der Waals surface area contributed by atoms with Gasteiger partial charge in [-0.3, -0.25) is 4.79 Å². The van der Waals surface area contributed by atoms with Gasteiger partial charge in [0.25, 0.3) is 0 Å². The lowest BCUT2D eigenvalue weighted by Crippen LogP contribution is -2.40. The van der Waals surface area contributed by atoms with Crippen molar-refractivity contribution in [1.29, 1.82) is 0 Å². The molecule has 120 valence electrons. The average molecular weight is 335 g/mol. The van der Waals surface area contributed by atoms with E-state index >= 15 is 0 Å². The Morgan fingerprint density at radius 3 is 2.71 bits per heavy atom. The Labute approximate surface area is 145 Å². The zero-order valence-electron chi connectivity index (χ0n) is 13.1. The highest BCUT2D eigenvalue weighted by Crippen LogP contribution is 2.43. The highest BCUT2D eigenvalue weighted by molar-refractivity contribution is 7.99. The highest BCUT2D eigenvalue weighted by atomic mass is 32.2. The lowest BCUT2D eigenvalue weighted by Gasteiger charge is -2.37. The summed E-state index contributed by atoms with van der Waals surface area (Å²) in [4.78, 5) is 20.2. The number of benzene rings is 2. The van der Waals surface area contributed by atoms with Crippen LogP contribution in [0.1, 0.15) is 11.6 Å². The summed E-state index contributed by atoms with van der Waals surface area (Å²) >= 11 is 1.81. The first-order valence-corrected chi connectivity index (χ1v) is 8.86. The standard InChI is InChI=1S/C19H17N3OS/c23-19(12-21-11-10-20-14-21)22-16-8-4-5-9-18(16)24-13-17(22)15-6-2-1-3-7-15/h1-11,14,17H,12-13H2/t17-/m1/s1. The predicted octanol–water partition coefficient (Wildman–Crippen LogP) is 3.76. The maximum atomic E-state index is 13.1. The van der Waals surface area contributed by atoms with Crippen LogP contribution in [-0.4, -0.2) is 21.2 Å². The summed E-state index contributed by atoms with van der Waals surface area (Å²) in [5, 5.41) is 0. The second-order valence-electron chi connectivity index (χ2n) is 5.70. The van der Waals surface area contributed by atoms with E-state index in [0.29, 0.717) is 6.54 Å². The second-order valence-corrected chi connectivity index (χ2v) is 6.77. The lowest BCUT2D eigenvalue weighted by atomic mass is 10.1. The zero-order valence-corrected chi connectivity index (χ0v) is 13.9. The van der Waals surface area contributed by atoms with Crippen molar-refractivity contribution in [2.24, 2.45) is 0 Å². The molecule has 0 N–H and O–H groups in total. The maximum absolute atomic E-state index is 13.1. The van der Waals surface area contributed by atoms with Gasteiger partial charge in [-0.25, -0.2) is 4.98 Å². The SMILES string of the molecule is O=C(Cn1ccnc1)N1c2ccccc2SC[C@@H]1c1ccccc1. The van der Waals surface area contributed by atoms with Crippen LogP contribution < -0.4 is 4.90 Å². The molecule has 1 aromatic heterocycles. The van der Waals surface area contributed by atoms with Crippen molar-refractivity contribution in [2.75, 3.05) is 10.7 Å². The van der Waals surface area contributed by atoms with E-state index in [9.17, 15) is 4.79 Å². The topological polar surface area (TPSA) is 38.1 Å². The van der Waals surface area contributed by atoms with Gasteiger partial charge in [0.1, 0.15) is 6.54 Å². The molecule has 0 saturated carbocycles. The van der Waals surface area contributed by atoms with Crippen LogP contribution in [0, 0.1) is 0 Å². The molecule has 2 aromatic carbocycles. The number of rotatable bonds is 3. The number of anilines is 1. The van der Waals surface area contributed by atoms with Gasteiger partial charge >= 0.3 is 0 Å². The number of carbonyl (C=O) groups is 1. The van der Waals surface area contributed by atoms with Crippen molar-refractivity contribution in [3.63, 3.8) is 0 Å². The summed E-state index contributed by atoms with van der Waals surface area (Å²) < 4.78 is 1.81. The molecule has 2 heterocycles. The van der Waals surface area contributed by atoms with E-state index < -0.39 is 0 Å². The summed E-state index contributed by atoms with van der Waals surface area (Å²) in [6.45, 7) is 0.294. The van der Waals surface area contributed by atoms with Crippen molar-refractivity contribution in [2.45, 2.75) is 17.5 Å². The number of para-hydroxylation sites is 1. The number of hydrogen-bond donors (Lipinski definition) is 0. The third-order valence-corrected chi connectivity index (χ3v) is 5.30. The van der Waals surface area contributed by atoms with Crippen LogP contribution in [0.3, 0.4) is 0 Å². The molecule has 0 aliphatic carbocycles. The van der Waals surface area contributed by atoms with Gasteiger partial charge < -0.3 is 9.47 Å². The Balaban J connectivity index is 1.73. The molecule has 0 saturated heterocycles. The van der Waals surface area contributed by atoms with Gasteiger partial charge in [0.2, 0.25) is 5.91 Å². The van der Waals surface area contributed by atoms with E-state index in [1.54, 1.807) is 12.5 Å². The Morgan fingerprint density at radius 2 is 1.92 bits per heavy atom. The maximum Gasteiger partial charge on any atom is 0.247 e. The minimum absolute atomic E-state index is 0.0436. The minimum atomic E-state index is 0.0436. The van der Waals surface area contributed by atoms with E-state index in [-0.39, 0.29) is 11.9 Å². The fourth-order valence-electron chi connectivity index (χ4n) is 3.03. The molecule has 1 amide bonds. The summed E-state index contributed by atoms with van der Waals surface area (Å²) in [5.41, 5.74) is 2.16. The third kappa shape index (κ3) is 2.83. The van der Waals surface area contributed by atoms with Crippen LogP contribution in [0.15, 0.2) is 78.2 Å². The summed E-state index contributed by atoms with van der Waals surface area (Å²) in [6.07, 6.45) is 5.20. The van der Waals surface area contributed by atoms with Crippen LogP contribution in [-0.2, 0) is 11.3 Å².